The molecule has 0 aromatic carbocycles. The Hall–Kier alpha value is -2.37. The van der Waals surface area contributed by atoms with E-state index >= 15 is 0 Å². The summed E-state index contributed by atoms with van der Waals surface area (Å²) in [6.45, 7) is 2.96. The van der Waals surface area contributed by atoms with Gasteiger partial charge in [-0.2, -0.15) is 0 Å². The van der Waals surface area contributed by atoms with Crippen molar-refractivity contribution < 1.29 is 9.90 Å². The number of aromatic amines is 1. The van der Waals surface area contributed by atoms with E-state index < -0.39 is 0 Å². The molecule has 0 aliphatic carbocycles. The van der Waals surface area contributed by atoms with Crippen LogP contribution in [0.1, 0.15) is 27.7 Å². The molecule has 6 nitrogen and oxygen atoms in total. The molecule has 0 fully saturated rings. The van der Waals surface area contributed by atoms with E-state index in [1.54, 1.807) is 11.0 Å². The highest BCUT2D eigenvalue weighted by atomic mass is 16.3. The summed E-state index contributed by atoms with van der Waals surface area (Å²) in [5.41, 5.74) is 2.08. The number of aromatic nitrogens is 3. The second kappa shape index (κ2) is 4.38. The third kappa shape index (κ3) is 2.05. The molecule has 3 rings (SSSR count). The molecule has 2 aromatic heterocycles. The van der Waals surface area contributed by atoms with Gasteiger partial charge in [0, 0.05) is 19.2 Å². The molecule has 0 unspecified atom stereocenters. The number of fused-ring (bicyclic) bond motifs is 1. The second-order valence-electron chi connectivity index (χ2n) is 4.60. The van der Waals surface area contributed by atoms with Gasteiger partial charge < -0.3 is 15.0 Å². The average Bonchev–Trinajstić information content (AvgIpc) is 2.77. The largest absolute Gasteiger partial charge is 0.505 e. The first-order valence-electron chi connectivity index (χ1n) is 6.13. The highest BCUT2D eigenvalue weighted by molar-refractivity contribution is 5.94. The molecule has 1 aliphatic heterocycles. The number of hydrogen-bond acceptors (Lipinski definition) is 4. The van der Waals surface area contributed by atoms with Gasteiger partial charge in [0.15, 0.2) is 5.69 Å². The smallest absolute Gasteiger partial charge is 0.276 e. The van der Waals surface area contributed by atoms with Gasteiger partial charge in [-0.25, -0.2) is 9.97 Å². The van der Waals surface area contributed by atoms with E-state index in [2.05, 4.69) is 15.0 Å². The molecule has 1 amide bonds. The van der Waals surface area contributed by atoms with Crippen LogP contribution in [-0.2, 0) is 13.0 Å². The minimum absolute atomic E-state index is 0.0842. The number of H-pyrrole nitrogens is 1. The van der Waals surface area contributed by atoms with Crippen molar-refractivity contribution >= 4 is 5.91 Å². The fourth-order valence-corrected chi connectivity index (χ4v) is 2.32. The summed E-state index contributed by atoms with van der Waals surface area (Å²) in [6.07, 6.45) is 2.22. The molecule has 0 bridgehead atoms. The van der Waals surface area contributed by atoms with E-state index in [1.165, 1.54) is 12.3 Å². The van der Waals surface area contributed by atoms with Crippen molar-refractivity contribution in [3.63, 3.8) is 0 Å². The van der Waals surface area contributed by atoms with Crippen LogP contribution in [0.15, 0.2) is 18.3 Å². The lowest BCUT2D eigenvalue weighted by Gasteiger charge is -2.26. The molecule has 2 N–H and O–H groups in total. The summed E-state index contributed by atoms with van der Waals surface area (Å²) < 4.78 is 0. The molecule has 0 saturated heterocycles. The molecular weight excluding hydrogens is 244 g/mol. The first-order chi connectivity index (χ1) is 9.15. The third-order valence-electron chi connectivity index (χ3n) is 3.23. The third-order valence-corrected chi connectivity index (χ3v) is 3.23. The number of carbonyl (C=O) groups is 1. The number of aromatic hydroxyl groups is 1. The molecule has 3 heterocycles. The molecule has 0 saturated carbocycles. The summed E-state index contributed by atoms with van der Waals surface area (Å²) >= 11 is 0. The predicted molar refractivity (Wildman–Crippen MR) is 67.7 cm³/mol. The number of amides is 1. The van der Waals surface area contributed by atoms with Gasteiger partial charge in [0.1, 0.15) is 11.6 Å². The number of imidazole rings is 1. The normalized spacial score (nSPS) is 14.3. The fraction of sp³-hybridized carbons (Fsp3) is 0.308. The van der Waals surface area contributed by atoms with E-state index in [9.17, 15) is 9.90 Å². The SMILES string of the molecule is Cc1nc2c([nH]1)CN(C(=O)c1ncccc1O)CC2. The zero-order valence-electron chi connectivity index (χ0n) is 10.6. The van der Waals surface area contributed by atoms with Crippen LogP contribution in [0.5, 0.6) is 5.75 Å². The maximum atomic E-state index is 12.3. The monoisotopic (exact) mass is 258 g/mol. The van der Waals surface area contributed by atoms with E-state index in [1.807, 2.05) is 6.92 Å². The van der Waals surface area contributed by atoms with E-state index in [0.29, 0.717) is 13.1 Å². The fourth-order valence-electron chi connectivity index (χ4n) is 2.32. The summed E-state index contributed by atoms with van der Waals surface area (Å²) in [7, 11) is 0. The lowest BCUT2D eigenvalue weighted by Crippen LogP contribution is -2.36. The minimum Gasteiger partial charge on any atom is -0.505 e. The van der Waals surface area contributed by atoms with Crippen LogP contribution in [0, 0.1) is 6.92 Å². The molecule has 6 heteroatoms. The van der Waals surface area contributed by atoms with E-state index in [-0.39, 0.29) is 17.4 Å². The number of pyridine rings is 1. The van der Waals surface area contributed by atoms with Crippen molar-refractivity contribution in [1.29, 1.82) is 0 Å². The van der Waals surface area contributed by atoms with Crippen molar-refractivity contribution in [3.8, 4) is 5.75 Å². The Morgan fingerprint density at radius 1 is 1.53 bits per heavy atom. The standard InChI is InChI=1S/C13H14N4O2/c1-8-15-9-4-6-17(7-10(9)16-8)13(19)12-11(18)3-2-5-14-12/h2-3,5,18H,4,6-7H2,1H3,(H,15,16). The van der Waals surface area contributed by atoms with Crippen LogP contribution in [0.25, 0.3) is 0 Å². The average molecular weight is 258 g/mol. The first-order valence-corrected chi connectivity index (χ1v) is 6.13. The van der Waals surface area contributed by atoms with Gasteiger partial charge in [-0.1, -0.05) is 0 Å². The van der Waals surface area contributed by atoms with Crippen LogP contribution in [0.2, 0.25) is 0 Å². The van der Waals surface area contributed by atoms with Crippen molar-refractivity contribution in [3.05, 3.63) is 41.2 Å². The van der Waals surface area contributed by atoms with Gasteiger partial charge >= 0.3 is 0 Å². The van der Waals surface area contributed by atoms with Crippen LogP contribution >= 0.6 is 0 Å². The zero-order chi connectivity index (χ0) is 13.4. The van der Waals surface area contributed by atoms with Crippen molar-refractivity contribution in [1.82, 2.24) is 19.9 Å². The lowest BCUT2D eigenvalue weighted by atomic mass is 10.1. The van der Waals surface area contributed by atoms with Crippen LogP contribution in [-0.4, -0.2) is 37.4 Å². The summed E-state index contributed by atoms with van der Waals surface area (Å²) in [6, 6.07) is 3.06. The van der Waals surface area contributed by atoms with E-state index in [0.717, 1.165) is 23.6 Å². The molecule has 19 heavy (non-hydrogen) atoms. The number of carbonyl (C=O) groups excluding carboxylic acids is 1. The highest BCUT2D eigenvalue weighted by Gasteiger charge is 2.26. The number of hydrogen-bond donors (Lipinski definition) is 2. The second-order valence-corrected chi connectivity index (χ2v) is 4.60. The highest BCUT2D eigenvalue weighted by Crippen LogP contribution is 2.21. The van der Waals surface area contributed by atoms with Gasteiger partial charge in [0.25, 0.3) is 5.91 Å². The van der Waals surface area contributed by atoms with Crippen LogP contribution < -0.4 is 0 Å². The Morgan fingerprint density at radius 2 is 2.37 bits per heavy atom. The number of aryl methyl sites for hydroxylation is 1. The van der Waals surface area contributed by atoms with Gasteiger partial charge in [-0.3, -0.25) is 4.79 Å². The molecule has 1 aliphatic rings. The number of rotatable bonds is 1. The molecule has 0 atom stereocenters. The number of nitrogens with zero attached hydrogens (tertiary/aromatic N) is 3. The molecular formula is C13H14N4O2. The Labute approximate surface area is 110 Å². The van der Waals surface area contributed by atoms with Crippen molar-refractivity contribution in [2.45, 2.75) is 19.9 Å². The van der Waals surface area contributed by atoms with Gasteiger partial charge in [0.05, 0.1) is 17.9 Å². The first kappa shape index (κ1) is 11.7. The Morgan fingerprint density at radius 3 is 3.16 bits per heavy atom. The quantitative estimate of drug-likeness (QED) is 0.800. The van der Waals surface area contributed by atoms with E-state index in [4.69, 9.17) is 0 Å². The Kier molecular flexibility index (Phi) is 2.70. The van der Waals surface area contributed by atoms with Gasteiger partial charge in [-0.05, 0) is 19.1 Å². The molecule has 0 spiro atoms. The predicted octanol–water partition coefficient (Wildman–Crippen LogP) is 1.02. The number of nitrogens with one attached hydrogen (secondary N) is 1. The van der Waals surface area contributed by atoms with Crippen LogP contribution in [0.4, 0.5) is 0 Å². The maximum absolute atomic E-state index is 12.3. The molecule has 0 radical (unpaired) electrons. The zero-order valence-corrected chi connectivity index (χ0v) is 10.6. The Balaban J connectivity index is 1.85. The maximum Gasteiger partial charge on any atom is 0.276 e. The van der Waals surface area contributed by atoms with Crippen molar-refractivity contribution in [2.75, 3.05) is 6.54 Å². The summed E-state index contributed by atoms with van der Waals surface area (Å²) in [5, 5.41) is 9.68. The molecule has 2 aromatic rings. The topological polar surface area (TPSA) is 82.1 Å². The Bertz CT molecular complexity index is 635. The summed E-state index contributed by atoms with van der Waals surface area (Å²) in [5.74, 6) is 0.523. The van der Waals surface area contributed by atoms with Crippen LogP contribution in [0.3, 0.4) is 0 Å². The summed E-state index contributed by atoms with van der Waals surface area (Å²) in [4.78, 5) is 25.5. The van der Waals surface area contributed by atoms with Crippen molar-refractivity contribution in [2.24, 2.45) is 0 Å². The van der Waals surface area contributed by atoms with Gasteiger partial charge in [-0.15, -0.1) is 0 Å². The lowest BCUT2D eigenvalue weighted by molar-refractivity contribution is 0.0722. The van der Waals surface area contributed by atoms with Gasteiger partial charge in [0.2, 0.25) is 0 Å². The molecule has 98 valence electrons. The minimum atomic E-state index is -0.254.